The molecule has 1 aromatic heterocycles. The highest BCUT2D eigenvalue weighted by Crippen LogP contribution is 2.54. The predicted octanol–water partition coefficient (Wildman–Crippen LogP) is 12.9. The number of rotatable bonds is 7. The number of allylic oxidation sites excluding steroid dienone is 4. The number of hydrogen-bond acceptors (Lipinski definition) is 2. The number of para-hydroxylation sites is 1. The SMILES string of the molecule is C=C(/C=C\C(=C/C)c1ccccc1)N(c1ccc(-c2ccccc2)cc1)c1ccc2c(c1)C(C)(C)c1ccc3oc4ccccc4c3c1-2. The quantitative estimate of drug-likeness (QED) is 0.165. The fourth-order valence-corrected chi connectivity index (χ4v) is 7.33. The maximum atomic E-state index is 6.31. The van der Waals surface area contributed by atoms with Gasteiger partial charge in [0.05, 0.1) is 0 Å². The van der Waals surface area contributed by atoms with Crippen LogP contribution < -0.4 is 4.90 Å². The second kappa shape index (κ2) is 11.7. The molecule has 0 bridgehead atoms. The smallest absolute Gasteiger partial charge is 0.136 e. The highest BCUT2D eigenvalue weighted by atomic mass is 16.3. The monoisotopic (exact) mass is 619 g/mol. The number of furan rings is 1. The van der Waals surface area contributed by atoms with Crippen molar-refractivity contribution in [1.82, 2.24) is 0 Å². The van der Waals surface area contributed by atoms with Crippen LogP contribution in [-0.2, 0) is 5.41 Å². The Bertz CT molecular complexity index is 2370. The van der Waals surface area contributed by atoms with E-state index in [0.717, 1.165) is 39.2 Å². The summed E-state index contributed by atoms with van der Waals surface area (Å²) in [5.74, 6) is 0. The van der Waals surface area contributed by atoms with E-state index in [1.54, 1.807) is 0 Å². The Kier molecular flexibility index (Phi) is 7.22. The lowest BCUT2D eigenvalue weighted by molar-refractivity contribution is 0.656. The molecule has 0 radical (unpaired) electrons. The largest absolute Gasteiger partial charge is 0.456 e. The van der Waals surface area contributed by atoms with Crippen LogP contribution in [0.3, 0.4) is 0 Å². The van der Waals surface area contributed by atoms with E-state index in [1.807, 2.05) is 12.1 Å². The molecule has 0 unspecified atom stereocenters. The van der Waals surface area contributed by atoms with Crippen LogP contribution in [0.15, 0.2) is 174 Å². The number of nitrogens with zero attached hydrogens (tertiary/aromatic N) is 1. The first-order valence-corrected chi connectivity index (χ1v) is 16.6. The van der Waals surface area contributed by atoms with Gasteiger partial charge in [-0.05, 0) is 93.9 Å². The van der Waals surface area contributed by atoms with Crippen LogP contribution in [-0.4, -0.2) is 0 Å². The molecular formula is C46H37NO. The zero-order chi connectivity index (χ0) is 32.8. The molecule has 1 heterocycles. The second-order valence-corrected chi connectivity index (χ2v) is 13.0. The van der Waals surface area contributed by atoms with Crippen molar-refractivity contribution in [2.75, 3.05) is 4.90 Å². The Morgan fingerprint density at radius 1 is 0.646 bits per heavy atom. The van der Waals surface area contributed by atoms with Crippen molar-refractivity contribution in [1.29, 1.82) is 0 Å². The molecule has 232 valence electrons. The van der Waals surface area contributed by atoms with Crippen LogP contribution in [0, 0.1) is 0 Å². The number of anilines is 2. The topological polar surface area (TPSA) is 16.4 Å². The summed E-state index contributed by atoms with van der Waals surface area (Å²) in [7, 11) is 0. The summed E-state index contributed by atoms with van der Waals surface area (Å²) in [6.07, 6.45) is 6.44. The molecule has 2 heteroatoms. The molecule has 0 N–H and O–H groups in total. The zero-order valence-corrected chi connectivity index (χ0v) is 27.6. The molecule has 1 aliphatic carbocycles. The molecule has 1 aliphatic rings. The van der Waals surface area contributed by atoms with Gasteiger partial charge < -0.3 is 9.32 Å². The lowest BCUT2D eigenvalue weighted by atomic mass is 9.82. The van der Waals surface area contributed by atoms with Crippen molar-refractivity contribution in [2.24, 2.45) is 0 Å². The van der Waals surface area contributed by atoms with Crippen LogP contribution in [0.1, 0.15) is 37.5 Å². The zero-order valence-electron chi connectivity index (χ0n) is 27.6. The predicted molar refractivity (Wildman–Crippen MR) is 204 cm³/mol. The van der Waals surface area contributed by atoms with Crippen molar-refractivity contribution in [2.45, 2.75) is 26.2 Å². The molecule has 8 rings (SSSR count). The lowest BCUT2D eigenvalue weighted by Crippen LogP contribution is -2.18. The minimum Gasteiger partial charge on any atom is -0.456 e. The molecule has 0 saturated heterocycles. The summed E-state index contributed by atoms with van der Waals surface area (Å²) in [6.45, 7) is 11.4. The van der Waals surface area contributed by atoms with Gasteiger partial charge in [-0.1, -0.05) is 136 Å². The Hall–Kier alpha value is -5.86. The molecule has 7 aromatic rings. The van der Waals surface area contributed by atoms with Crippen molar-refractivity contribution in [3.8, 4) is 22.3 Å². The molecule has 0 aliphatic heterocycles. The molecule has 2 nitrogen and oxygen atoms in total. The average Bonchev–Trinajstić information content (AvgIpc) is 3.62. The third-order valence-corrected chi connectivity index (χ3v) is 9.81. The fourth-order valence-electron chi connectivity index (χ4n) is 7.33. The van der Waals surface area contributed by atoms with Crippen molar-refractivity contribution < 1.29 is 4.42 Å². The summed E-state index contributed by atoms with van der Waals surface area (Å²) in [4.78, 5) is 2.27. The van der Waals surface area contributed by atoms with E-state index in [2.05, 4.69) is 178 Å². The van der Waals surface area contributed by atoms with Gasteiger partial charge in [-0.15, -0.1) is 0 Å². The van der Waals surface area contributed by atoms with Gasteiger partial charge in [0.15, 0.2) is 0 Å². The van der Waals surface area contributed by atoms with E-state index < -0.39 is 0 Å². The molecular weight excluding hydrogens is 583 g/mol. The number of hydrogen-bond donors (Lipinski definition) is 0. The fraction of sp³-hybridized carbons (Fsp3) is 0.0870. The van der Waals surface area contributed by atoms with Crippen LogP contribution in [0.4, 0.5) is 11.4 Å². The molecule has 48 heavy (non-hydrogen) atoms. The van der Waals surface area contributed by atoms with Gasteiger partial charge in [-0.3, -0.25) is 0 Å². The average molecular weight is 620 g/mol. The van der Waals surface area contributed by atoms with E-state index in [9.17, 15) is 0 Å². The Morgan fingerprint density at radius 2 is 1.31 bits per heavy atom. The Morgan fingerprint density at radius 3 is 2.06 bits per heavy atom. The Labute approximate surface area is 282 Å². The van der Waals surface area contributed by atoms with E-state index >= 15 is 0 Å². The first kappa shape index (κ1) is 29.5. The van der Waals surface area contributed by atoms with Crippen molar-refractivity contribution in [3.05, 3.63) is 187 Å². The second-order valence-electron chi connectivity index (χ2n) is 13.0. The number of fused-ring (bicyclic) bond motifs is 7. The molecule has 0 atom stereocenters. The normalized spacial score (nSPS) is 13.6. The first-order chi connectivity index (χ1) is 23.4. The van der Waals surface area contributed by atoms with Gasteiger partial charge in [0.25, 0.3) is 0 Å². The third kappa shape index (κ3) is 4.89. The van der Waals surface area contributed by atoms with Gasteiger partial charge in [-0.25, -0.2) is 0 Å². The maximum absolute atomic E-state index is 6.31. The highest BCUT2D eigenvalue weighted by molar-refractivity contribution is 6.15. The summed E-state index contributed by atoms with van der Waals surface area (Å²) in [5, 5.41) is 2.36. The minimum atomic E-state index is -0.196. The molecule has 0 saturated carbocycles. The molecule has 0 spiro atoms. The first-order valence-electron chi connectivity index (χ1n) is 16.6. The van der Waals surface area contributed by atoms with Crippen molar-refractivity contribution in [3.63, 3.8) is 0 Å². The van der Waals surface area contributed by atoms with Gasteiger partial charge in [0.1, 0.15) is 11.2 Å². The van der Waals surface area contributed by atoms with E-state index in [1.165, 1.54) is 44.3 Å². The van der Waals surface area contributed by atoms with Gasteiger partial charge in [0.2, 0.25) is 0 Å². The summed E-state index contributed by atoms with van der Waals surface area (Å²) in [5.41, 5.74) is 14.6. The van der Waals surface area contributed by atoms with Crippen LogP contribution >= 0.6 is 0 Å². The van der Waals surface area contributed by atoms with Gasteiger partial charge >= 0.3 is 0 Å². The van der Waals surface area contributed by atoms with Crippen LogP contribution in [0.25, 0.3) is 49.8 Å². The standard InChI is InChI=1S/C46H37NO/c1-5-32(33-14-8-6-9-15-33)21-20-31(2)47(36-24-22-35(23-25-36)34-16-10-7-11-17-34)37-26-27-38-41(30-37)46(3,4)40-28-29-43-45(44(38)40)39-18-12-13-19-42(39)48-43/h5-30H,2H2,1,3-4H3/b21-20-,32-5+. The van der Waals surface area contributed by atoms with Gasteiger partial charge in [-0.2, -0.15) is 0 Å². The molecule has 0 fully saturated rings. The van der Waals surface area contributed by atoms with E-state index in [0.29, 0.717) is 0 Å². The maximum Gasteiger partial charge on any atom is 0.136 e. The van der Waals surface area contributed by atoms with E-state index in [-0.39, 0.29) is 5.41 Å². The van der Waals surface area contributed by atoms with Crippen molar-refractivity contribution >= 4 is 38.9 Å². The van der Waals surface area contributed by atoms with Crippen LogP contribution in [0.5, 0.6) is 0 Å². The Balaban J connectivity index is 1.25. The van der Waals surface area contributed by atoms with E-state index in [4.69, 9.17) is 4.42 Å². The minimum absolute atomic E-state index is 0.196. The molecule has 0 amide bonds. The van der Waals surface area contributed by atoms with Gasteiger partial charge in [0, 0.05) is 33.3 Å². The lowest BCUT2D eigenvalue weighted by Gasteiger charge is -2.28. The summed E-state index contributed by atoms with van der Waals surface area (Å²) >= 11 is 0. The summed E-state index contributed by atoms with van der Waals surface area (Å²) in [6, 6.07) is 49.4. The highest BCUT2D eigenvalue weighted by Gasteiger charge is 2.38. The number of benzene rings is 6. The summed E-state index contributed by atoms with van der Waals surface area (Å²) < 4.78 is 6.31. The third-order valence-electron chi connectivity index (χ3n) is 9.81. The molecule has 6 aromatic carbocycles. The van der Waals surface area contributed by atoms with Crippen LogP contribution in [0.2, 0.25) is 0 Å².